The summed E-state index contributed by atoms with van der Waals surface area (Å²) in [6.45, 7) is 1.52. The van der Waals surface area contributed by atoms with Gasteiger partial charge in [0.25, 0.3) is 11.5 Å². The van der Waals surface area contributed by atoms with E-state index in [1.54, 1.807) is 23.1 Å². The lowest BCUT2D eigenvalue weighted by molar-refractivity contribution is 0.0623. The molecule has 2 aromatic rings. The number of piperidine rings is 1. The number of aromatic nitrogens is 2. The number of likely N-dealkylation sites (tertiary alicyclic amines) is 1. The van der Waals surface area contributed by atoms with Crippen LogP contribution in [0.4, 0.5) is 4.39 Å². The lowest BCUT2D eigenvalue weighted by Crippen LogP contribution is -2.42. The number of halogens is 1. The Balaban J connectivity index is 1.62. The predicted molar refractivity (Wildman–Crippen MR) is 90.0 cm³/mol. The molecule has 0 unspecified atom stereocenters. The number of benzene rings is 1. The number of rotatable bonds is 4. The predicted octanol–water partition coefficient (Wildman–Crippen LogP) is 1.85. The van der Waals surface area contributed by atoms with Crippen molar-refractivity contribution in [3.05, 3.63) is 58.3 Å². The second-order valence-corrected chi connectivity index (χ2v) is 6.18. The van der Waals surface area contributed by atoms with Gasteiger partial charge in [0.1, 0.15) is 5.69 Å². The Labute approximate surface area is 144 Å². The topological polar surface area (TPSA) is 64.4 Å². The Hall–Kier alpha value is -2.70. The van der Waals surface area contributed by atoms with E-state index in [0.717, 1.165) is 17.5 Å². The molecular formula is C18H20FN3O3. The summed E-state index contributed by atoms with van der Waals surface area (Å²) >= 11 is 0. The van der Waals surface area contributed by atoms with E-state index in [4.69, 9.17) is 4.74 Å². The zero-order chi connectivity index (χ0) is 17.8. The molecule has 1 atom stereocenters. The van der Waals surface area contributed by atoms with E-state index in [0.29, 0.717) is 19.7 Å². The van der Waals surface area contributed by atoms with Crippen molar-refractivity contribution in [1.29, 1.82) is 0 Å². The molecule has 1 aromatic heterocycles. The first-order valence-electron chi connectivity index (χ1n) is 8.25. The Kier molecular flexibility index (Phi) is 5.11. The van der Waals surface area contributed by atoms with Gasteiger partial charge in [-0.3, -0.25) is 9.59 Å². The SMILES string of the molecule is Cn1nc(C(=O)N2CCC[C@@H](COc3ccccc3F)C2)ccc1=O. The van der Waals surface area contributed by atoms with Gasteiger partial charge in [-0.1, -0.05) is 12.1 Å². The van der Waals surface area contributed by atoms with Crippen molar-refractivity contribution in [2.24, 2.45) is 13.0 Å². The van der Waals surface area contributed by atoms with Crippen LogP contribution in [0.2, 0.25) is 0 Å². The van der Waals surface area contributed by atoms with Crippen molar-refractivity contribution in [2.75, 3.05) is 19.7 Å². The molecule has 7 heteroatoms. The van der Waals surface area contributed by atoms with Crippen LogP contribution < -0.4 is 10.3 Å². The van der Waals surface area contributed by atoms with Crippen LogP contribution in [-0.4, -0.2) is 40.3 Å². The maximum Gasteiger partial charge on any atom is 0.274 e. The van der Waals surface area contributed by atoms with Crippen molar-refractivity contribution in [3.63, 3.8) is 0 Å². The van der Waals surface area contributed by atoms with Crippen LogP contribution in [0.5, 0.6) is 5.75 Å². The zero-order valence-corrected chi connectivity index (χ0v) is 14.0. The number of hydrogen-bond donors (Lipinski definition) is 0. The van der Waals surface area contributed by atoms with Crippen LogP contribution in [0, 0.1) is 11.7 Å². The van der Waals surface area contributed by atoms with Gasteiger partial charge in [0, 0.05) is 32.1 Å². The summed E-state index contributed by atoms with van der Waals surface area (Å²) in [6.07, 6.45) is 1.77. The molecule has 0 bridgehead atoms. The summed E-state index contributed by atoms with van der Waals surface area (Å²) in [4.78, 5) is 25.7. The average Bonchev–Trinajstić information content (AvgIpc) is 2.63. The van der Waals surface area contributed by atoms with Crippen molar-refractivity contribution in [2.45, 2.75) is 12.8 Å². The van der Waals surface area contributed by atoms with Gasteiger partial charge in [0.05, 0.1) is 6.61 Å². The van der Waals surface area contributed by atoms with Gasteiger partial charge in [-0.25, -0.2) is 9.07 Å². The molecule has 1 aromatic carbocycles. The van der Waals surface area contributed by atoms with E-state index in [9.17, 15) is 14.0 Å². The second-order valence-electron chi connectivity index (χ2n) is 6.18. The highest BCUT2D eigenvalue weighted by Gasteiger charge is 2.26. The van der Waals surface area contributed by atoms with Crippen molar-refractivity contribution >= 4 is 5.91 Å². The van der Waals surface area contributed by atoms with E-state index in [-0.39, 0.29) is 34.6 Å². The maximum atomic E-state index is 13.6. The molecule has 132 valence electrons. The number of carbonyl (C=O) groups excluding carboxylic acids is 1. The van der Waals surface area contributed by atoms with E-state index in [2.05, 4.69) is 5.10 Å². The maximum absolute atomic E-state index is 13.6. The Morgan fingerprint density at radius 3 is 2.88 bits per heavy atom. The van der Waals surface area contributed by atoms with Crippen LogP contribution in [0.3, 0.4) is 0 Å². The smallest absolute Gasteiger partial charge is 0.274 e. The number of hydrogen-bond acceptors (Lipinski definition) is 4. The summed E-state index contributed by atoms with van der Waals surface area (Å²) in [5.74, 6) is -0.234. The fraction of sp³-hybridized carbons (Fsp3) is 0.389. The highest BCUT2D eigenvalue weighted by Crippen LogP contribution is 2.21. The summed E-state index contributed by atoms with van der Waals surface area (Å²) in [7, 11) is 1.51. The summed E-state index contributed by atoms with van der Waals surface area (Å²) in [6, 6.07) is 9.07. The largest absolute Gasteiger partial charge is 0.490 e. The number of para-hydroxylation sites is 1. The van der Waals surface area contributed by atoms with Crippen molar-refractivity contribution in [1.82, 2.24) is 14.7 Å². The van der Waals surface area contributed by atoms with Gasteiger partial charge in [0.2, 0.25) is 0 Å². The highest BCUT2D eigenvalue weighted by molar-refractivity contribution is 5.92. The minimum atomic E-state index is -0.388. The molecule has 0 spiro atoms. The number of nitrogens with zero attached hydrogens (tertiary/aromatic N) is 3. The average molecular weight is 345 g/mol. The third-order valence-corrected chi connectivity index (χ3v) is 4.30. The third kappa shape index (κ3) is 4.04. The fourth-order valence-electron chi connectivity index (χ4n) is 2.93. The van der Waals surface area contributed by atoms with Gasteiger partial charge in [0.15, 0.2) is 11.6 Å². The number of carbonyl (C=O) groups is 1. The number of amides is 1. The minimum Gasteiger partial charge on any atom is -0.490 e. The van der Waals surface area contributed by atoms with Gasteiger partial charge < -0.3 is 9.64 Å². The van der Waals surface area contributed by atoms with Crippen LogP contribution >= 0.6 is 0 Å². The van der Waals surface area contributed by atoms with Gasteiger partial charge in [-0.15, -0.1) is 0 Å². The Bertz CT molecular complexity index is 821. The monoisotopic (exact) mass is 345 g/mol. The Morgan fingerprint density at radius 1 is 1.32 bits per heavy atom. The first-order chi connectivity index (χ1) is 12.0. The molecule has 1 fully saturated rings. The van der Waals surface area contributed by atoms with Gasteiger partial charge in [-0.2, -0.15) is 5.10 Å². The molecular weight excluding hydrogens is 325 g/mol. The molecule has 0 aliphatic carbocycles. The van der Waals surface area contributed by atoms with E-state index in [1.165, 1.54) is 25.2 Å². The molecule has 6 nitrogen and oxygen atoms in total. The molecule has 25 heavy (non-hydrogen) atoms. The van der Waals surface area contributed by atoms with Gasteiger partial charge in [-0.05, 0) is 31.0 Å². The van der Waals surface area contributed by atoms with E-state index in [1.807, 2.05) is 0 Å². The van der Waals surface area contributed by atoms with Crippen molar-refractivity contribution in [3.8, 4) is 5.75 Å². The minimum absolute atomic E-state index is 0.129. The standard InChI is InChI=1S/C18H20FN3O3/c1-21-17(23)9-8-15(20-21)18(24)22-10-4-5-13(11-22)12-25-16-7-3-2-6-14(16)19/h2-3,6-9,13H,4-5,10-12H2,1H3/t13-/m1/s1. The quantitative estimate of drug-likeness (QED) is 0.848. The summed E-state index contributed by atoms with van der Waals surface area (Å²) in [5, 5.41) is 4.01. The first kappa shape index (κ1) is 17.1. The Morgan fingerprint density at radius 2 is 2.12 bits per heavy atom. The molecule has 1 amide bonds. The molecule has 0 radical (unpaired) electrons. The molecule has 0 saturated carbocycles. The van der Waals surface area contributed by atoms with Gasteiger partial charge >= 0.3 is 0 Å². The third-order valence-electron chi connectivity index (χ3n) is 4.30. The molecule has 1 saturated heterocycles. The summed E-state index contributed by atoms with van der Waals surface area (Å²) < 4.78 is 20.3. The summed E-state index contributed by atoms with van der Waals surface area (Å²) in [5.41, 5.74) is -0.0101. The molecule has 3 rings (SSSR count). The van der Waals surface area contributed by atoms with E-state index >= 15 is 0 Å². The fourth-order valence-corrected chi connectivity index (χ4v) is 2.93. The van der Waals surface area contributed by atoms with Crippen LogP contribution in [0.25, 0.3) is 0 Å². The molecule has 2 heterocycles. The van der Waals surface area contributed by atoms with E-state index < -0.39 is 0 Å². The zero-order valence-electron chi connectivity index (χ0n) is 14.0. The number of ether oxygens (including phenoxy) is 1. The highest BCUT2D eigenvalue weighted by atomic mass is 19.1. The number of aryl methyl sites for hydroxylation is 1. The molecule has 1 aliphatic rings. The lowest BCUT2D eigenvalue weighted by Gasteiger charge is -2.32. The lowest BCUT2D eigenvalue weighted by atomic mass is 9.98. The normalized spacial score (nSPS) is 17.4. The first-order valence-corrected chi connectivity index (χ1v) is 8.25. The van der Waals surface area contributed by atoms with Crippen LogP contribution in [0.1, 0.15) is 23.3 Å². The molecule has 0 N–H and O–H groups in total. The second kappa shape index (κ2) is 7.46. The van der Waals surface area contributed by atoms with Crippen LogP contribution in [-0.2, 0) is 7.05 Å². The molecule has 1 aliphatic heterocycles. The van der Waals surface area contributed by atoms with Crippen molar-refractivity contribution < 1.29 is 13.9 Å². The van der Waals surface area contributed by atoms with Crippen LogP contribution in [0.15, 0.2) is 41.2 Å².